The molecule has 0 bridgehead atoms. The maximum Gasteiger partial charge on any atom is 0.264 e. The number of morpholine rings is 1. The summed E-state index contributed by atoms with van der Waals surface area (Å²) in [6, 6.07) is 7.18. The van der Waals surface area contributed by atoms with E-state index in [4.69, 9.17) is 4.74 Å². The molecule has 1 fully saturated rings. The van der Waals surface area contributed by atoms with Crippen LogP contribution in [0, 0.1) is 13.8 Å². The SMILES string of the molecule is CSc1cccc(NS(=O)(=O)c2c(C(=O)N3CCOCC3)c(C)n(C)c2C)c1. The molecule has 7 nitrogen and oxygen atoms in total. The zero-order valence-corrected chi connectivity index (χ0v) is 18.1. The van der Waals surface area contributed by atoms with Crippen molar-refractivity contribution in [2.45, 2.75) is 23.6 Å². The summed E-state index contributed by atoms with van der Waals surface area (Å²) < 4.78 is 36.2. The summed E-state index contributed by atoms with van der Waals surface area (Å²) in [5.41, 5.74) is 1.86. The average Bonchev–Trinajstić information content (AvgIpc) is 2.92. The number of amides is 1. The van der Waals surface area contributed by atoms with Gasteiger partial charge in [-0.05, 0) is 38.3 Å². The molecule has 1 saturated heterocycles. The second kappa shape index (κ2) is 8.18. The molecule has 2 heterocycles. The van der Waals surface area contributed by atoms with Crippen LogP contribution in [0.1, 0.15) is 21.7 Å². The van der Waals surface area contributed by atoms with E-state index in [0.717, 1.165) is 4.90 Å². The first kappa shape index (κ1) is 20.8. The highest BCUT2D eigenvalue weighted by Gasteiger charge is 2.33. The molecular weight excluding hydrogens is 398 g/mol. The highest BCUT2D eigenvalue weighted by molar-refractivity contribution is 7.98. The van der Waals surface area contributed by atoms with Crippen LogP contribution in [-0.2, 0) is 21.8 Å². The fraction of sp³-hybridized carbons (Fsp3) is 0.421. The minimum atomic E-state index is -3.94. The number of sulfonamides is 1. The van der Waals surface area contributed by atoms with Crippen molar-refractivity contribution < 1.29 is 17.9 Å². The van der Waals surface area contributed by atoms with Crippen LogP contribution in [0.2, 0.25) is 0 Å². The van der Waals surface area contributed by atoms with Gasteiger partial charge in [0.25, 0.3) is 15.9 Å². The number of carbonyl (C=O) groups is 1. The van der Waals surface area contributed by atoms with Crippen LogP contribution in [-0.4, -0.2) is 56.4 Å². The third-order valence-electron chi connectivity index (χ3n) is 5.03. The molecule has 0 unspecified atom stereocenters. The maximum atomic E-state index is 13.3. The summed E-state index contributed by atoms with van der Waals surface area (Å²) in [6.07, 6.45) is 1.93. The zero-order chi connectivity index (χ0) is 20.5. The van der Waals surface area contributed by atoms with Crippen molar-refractivity contribution in [2.75, 3.05) is 37.3 Å². The topological polar surface area (TPSA) is 80.6 Å². The second-order valence-corrected chi connectivity index (χ2v) is 9.17. The molecular formula is C19H25N3O4S2. The Morgan fingerprint density at radius 2 is 1.86 bits per heavy atom. The molecule has 28 heavy (non-hydrogen) atoms. The Hall–Kier alpha value is -1.97. The molecule has 0 radical (unpaired) electrons. The van der Waals surface area contributed by atoms with E-state index in [-0.39, 0.29) is 16.4 Å². The van der Waals surface area contributed by atoms with Crippen LogP contribution in [0.3, 0.4) is 0 Å². The maximum absolute atomic E-state index is 13.3. The van der Waals surface area contributed by atoms with Gasteiger partial charge >= 0.3 is 0 Å². The van der Waals surface area contributed by atoms with Crippen molar-refractivity contribution in [1.82, 2.24) is 9.47 Å². The minimum Gasteiger partial charge on any atom is -0.378 e. The zero-order valence-electron chi connectivity index (χ0n) is 16.5. The van der Waals surface area contributed by atoms with Gasteiger partial charge in [0.15, 0.2) is 0 Å². The predicted octanol–water partition coefficient (Wildman–Crippen LogP) is 2.64. The molecule has 1 aromatic heterocycles. The largest absolute Gasteiger partial charge is 0.378 e. The monoisotopic (exact) mass is 423 g/mol. The van der Waals surface area contributed by atoms with Crippen molar-refractivity contribution in [3.05, 3.63) is 41.2 Å². The van der Waals surface area contributed by atoms with Crippen molar-refractivity contribution in [1.29, 1.82) is 0 Å². The van der Waals surface area contributed by atoms with Crippen LogP contribution >= 0.6 is 11.8 Å². The number of carbonyl (C=O) groups excluding carboxylic acids is 1. The first-order chi connectivity index (χ1) is 13.3. The second-order valence-electron chi connectivity index (χ2n) is 6.68. The molecule has 0 spiro atoms. The number of rotatable bonds is 5. The van der Waals surface area contributed by atoms with E-state index in [2.05, 4.69) is 4.72 Å². The molecule has 1 aromatic carbocycles. The van der Waals surface area contributed by atoms with Crippen LogP contribution in [0.25, 0.3) is 0 Å². The van der Waals surface area contributed by atoms with Gasteiger partial charge in [-0.3, -0.25) is 9.52 Å². The molecule has 0 atom stereocenters. The van der Waals surface area contributed by atoms with E-state index in [9.17, 15) is 13.2 Å². The van der Waals surface area contributed by atoms with Crippen LogP contribution in [0.15, 0.2) is 34.1 Å². The van der Waals surface area contributed by atoms with Gasteiger partial charge in [-0.2, -0.15) is 0 Å². The lowest BCUT2D eigenvalue weighted by Crippen LogP contribution is -2.41. The van der Waals surface area contributed by atoms with E-state index < -0.39 is 10.0 Å². The first-order valence-corrected chi connectivity index (χ1v) is 11.7. The number of hydrogen-bond acceptors (Lipinski definition) is 5. The highest BCUT2D eigenvalue weighted by Crippen LogP contribution is 2.30. The van der Waals surface area contributed by atoms with Crippen molar-refractivity contribution in [2.24, 2.45) is 7.05 Å². The lowest BCUT2D eigenvalue weighted by Gasteiger charge is -2.27. The number of aromatic nitrogens is 1. The normalized spacial score (nSPS) is 14.9. The summed E-state index contributed by atoms with van der Waals surface area (Å²) in [5, 5.41) is 0. The predicted molar refractivity (Wildman–Crippen MR) is 111 cm³/mol. The molecule has 9 heteroatoms. The number of thioether (sulfide) groups is 1. The molecule has 2 aromatic rings. The first-order valence-electron chi connectivity index (χ1n) is 8.96. The average molecular weight is 424 g/mol. The van der Waals surface area contributed by atoms with E-state index in [1.165, 1.54) is 11.8 Å². The fourth-order valence-electron chi connectivity index (χ4n) is 3.31. The van der Waals surface area contributed by atoms with E-state index in [1.54, 1.807) is 48.6 Å². The summed E-state index contributed by atoms with van der Waals surface area (Å²) in [7, 11) is -2.17. The minimum absolute atomic E-state index is 0.0403. The van der Waals surface area contributed by atoms with E-state index in [1.807, 2.05) is 12.3 Å². The molecule has 1 N–H and O–H groups in total. The van der Waals surface area contributed by atoms with Crippen LogP contribution in [0.5, 0.6) is 0 Å². The number of benzene rings is 1. The molecule has 1 aliphatic rings. The number of hydrogen-bond donors (Lipinski definition) is 1. The van der Waals surface area contributed by atoms with E-state index >= 15 is 0 Å². The van der Waals surface area contributed by atoms with Crippen molar-refractivity contribution >= 4 is 33.4 Å². The Balaban J connectivity index is 2.04. The van der Waals surface area contributed by atoms with Gasteiger partial charge in [-0.15, -0.1) is 11.8 Å². The number of nitrogens with zero attached hydrogens (tertiary/aromatic N) is 2. The highest BCUT2D eigenvalue weighted by atomic mass is 32.2. The Morgan fingerprint density at radius 1 is 1.18 bits per heavy atom. The molecule has 0 saturated carbocycles. The Labute approximate surface area is 170 Å². The number of anilines is 1. The lowest BCUT2D eigenvalue weighted by atomic mass is 10.2. The Kier molecular flexibility index (Phi) is 6.07. The summed E-state index contributed by atoms with van der Waals surface area (Å²) in [6.45, 7) is 5.31. The fourth-order valence-corrected chi connectivity index (χ4v) is 5.34. The third-order valence-corrected chi connectivity index (χ3v) is 7.29. The lowest BCUT2D eigenvalue weighted by molar-refractivity contribution is 0.0300. The Morgan fingerprint density at radius 3 is 2.50 bits per heavy atom. The van der Waals surface area contributed by atoms with Gasteiger partial charge in [0.2, 0.25) is 0 Å². The van der Waals surface area contributed by atoms with Gasteiger partial charge in [0.1, 0.15) is 4.90 Å². The third kappa shape index (κ3) is 3.92. The van der Waals surface area contributed by atoms with Gasteiger partial charge in [0, 0.05) is 42.1 Å². The van der Waals surface area contributed by atoms with E-state index in [0.29, 0.717) is 43.4 Å². The summed E-state index contributed by atoms with van der Waals surface area (Å²) in [5.74, 6) is -0.275. The molecule has 1 aliphatic heterocycles. The smallest absolute Gasteiger partial charge is 0.264 e. The van der Waals surface area contributed by atoms with Gasteiger partial charge in [-0.25, -0.2) is 8.42 Å². The van der Waals surface area contributed by atoms with Gasteiger partial charge in [0.05, 0.1) is 18.8 Å². The standard InChI is InChI=1S/C19H25N3O4S2/c1-13-17(19(23)22-8-10-26-11-9-22)18(14(2)21(13)3)28(24,25)20-15-6-5-7-16(12-15)27-4/h5-7,12,20H,8-11H2,1-4H3. The summed E-state index contributed by atoms with van der Waals surface area (Å²) in [4.78, 5) is 15.8. The summed E-state index contributed by atoms with van der Waals surface area (Å²) >= 11 is 1.53. The van der Waals surface area contributed by atoms with Gasteiger partial charge < -0.3 is 14.2 Å². The molecule has 1 amide bonds. The molecule has 0 aliphatic carbocycles. The van der Waals surface area contributed by atoms with Crippen molar-refractivity contribution in [3.63, 3.8) is 0 Å². The van der Waals surface area contributed by atoms with Gasteiger partial charge in [-0.1, -0.05) is 6.07 Å². The Bertz CT molecular complexity index is 993. The number of nitrogens with one attached hydrogen (secondary N) is 1. The number of ether oxygens (including phenoxy) is 1. The van der Waals surface area contributed by atoms with Crippen molar-refractivity contribution in [3.8, 4) is 0 Å². The molecule has 3 rings (SSSR count). The quantitative estimate of drug-likeness (QED) is 0.748. The molecule has 152 valence electrons. The van der Waals surface area contributed by atoms with Crippen LogP contribution < -0.4 is 4.72 Å². The van der Waals surface area contributed by atoms with Crippen LogP contribution in [0.4, 0.5) is 5.69 Å².